The normalized spacial score (nSPS) is 14.8. The Morgan fingerprint density at radius 3 is 2.88 bits per heavy atom. The fourth-order valence-corrected chi connectivity index (χ4v) is 3.14. The van der Waals surface area contributed by atoms with Gasteiger partial charge >= 0.3 is 5.63 Å². The minimum Gasteiger partial charge on any atom is -0.490 e. The van der Waals surface area contributed by atoms with E-state index in [4.69, 9.17) is 9.15 Å². The predicted molar refractivity (Wildman–Crippen MR) is 97.9 cm³/mol. The van der Waals surface area contributed by atoms with Crippen molar-refractivity contribution < 1.29 is 13.9 Å². The van der Waals surface area contributed by atoms with Crippen molar-refractivity contribution >= 4 is 11.7 Å². The molecule has 0 atom stereocenters. The average molecular weight is 357 g/mol. The Morgan fingerprint density at radius 2 is 2.19 bits per heavy atom. The number of carbonyl (C=O) groups excluding carboxylic acids is 1. The molecule has 7 heteroatoms. The highest BCUT2D eigenvalue weighted by Gasteiger charge is 2.23. The Hall–Kier alpha value is -2.67. The molecule has 138 valence electrons. The fraction of sp³-hybridized carbons (Fsp3) is 0.421. The number of pyridine rings is 1. The van der Waals surface area contributed by atoms with Crippen LogP contribution in [-0.2, 0) is 0 Å². The van der Waals surface area contributed by atoms with Gasteiger partial charge < -0.3 is 19.8 Å². The number of amides is 1. The van der Waals surface area contributed by atoms with Crippen LogP contribution in [0, 0.1) is 6.92 Å². The van der Waals surface area contributed by atoms with Crippen molar-refractivity contribution in [3.63, 3.8) is 0 Å². The number of hydrogen-bond donors (Lipinski definition) is 2. The second kappa shape index (κ2) is 8.14. The van der Waals surface area contributed by atoms with Gasteiger partial charge in [-0.2, -0.15) is 0 Å². The molecule has 0 spiro atoms. The minimum atomic E-state index is -0.620. The Balaban J connectivity index is 1.85. The van der Waals surface area contributed by atoms with E-state index in [9.17, 15) is 9.59 Å². The van der Waals surface area contributed by atoms with Gasteiger partial charge in [0.2, 0.25) is 0 Å². The summed E-state index contributed by atoms with van der Waals surface area (Å²) in [6.07, 6.45) is 3.38. The topological polar surface area (TPSA) is 93.5 Å². The van der Waals surface area contributed by atoms with Crippen LogP contribution < -0.4 is 21.0 Å². The van der Waals surface area contributed by atoms with Crippen molar-refractivity contribution in [3.8, 4) is 5.75 Å². The van der Waals surface area contributed by atoms with Gasteiger partial charge in [-0.3, -0.25) is 4.79 Å². The van der Waals surface area contributed by atoms with Gasteiger partial charge in [-0.15, -0.1) is 0 Å². The van der Waals surface area contributed by atoms with E-state index in [0.717, 1.165) is 25.9 Å². The highest BCUT2D eigenvalue weighted by molar-refractivity contribution is 6.05. The van der Waals surface area contributed by atoms with Gasteiger partial charge in [-0.25, -0.2) is 9.78 Å². The molecule has 0 radical (unpaired) electrons. The maximum Gasteiger partial charge on any atom is 0.349 e. The molecule has 1 fully saturated rings. The zero-order valence-corrected chi connectivity index (χ0v) is 15.0. The SMILES string of the molecule is CCOc1cccnc1NC(=O)c1c(C)cc(C2CCNCC2)oc1=O. The first-order valence-electron chi connectivity index (χ1n) is 8.84. The van der Waals surface area contributed by atoms with Gasteiger partial charge in [-0.05, 0) is 63.5 Å². The molecule has 0 saturated carbocycles. The molecule has 2 aromatic rings. The summed E-state index contributed by atoms with van der Waals surface area (Å²) in [7, 11) is 0. The molecule has 2 N–H and O–H groups in total. The number of hydrogen-bond acceptors (Lipinski definition) is 6. The van der Waals surface area contributed by atoms with E-state index < -0.39 is 11.5 Å². The average Bonchev–Trinajstić information content (AvgIpc) is 2.63. The summed E-state index contributed by atoms with van der Waals surface area (Å²) in [6, 6.07) is 5.23. The first-order chi connectivity index (χ1) is 12.6. The summed E-state index contributed by atoms with van der Waals surface area (Å²) in [5, 5.41) is 5.93. The van der Waals surface area contributed by atoms with Gasteiger partial charge in [0.15, 0.2) is 11.6 Å². The number of nitrogens with one attached hydrogen (secondary N) is 2. The molecule has 0 aliphatic carbocycles. The molecule has 3 heterocycles. The molecular weight excluding hydrogens is 334 g/mol. The number of nitrogens with zero attached hydrogens (tertiary/aromatic N) is 1. The van der Waals surface area contributed by atoms with Crippen LogP contribution in [0.3, 0.4) is 0 Å². The molecule has 1 amide bonds. The molecule has 7 nitrogen and oxygen atoms in total. The Labute approximate surface area is 151 Å². The second-order valence-corrected chi connectivity index (χ2v) is 6.26. The number of anilines is 1. The molecule has 1 saturated heterocycles. The Morgan fingerprint density at radius 1 is 1.42 bits per heavy atom. The maximum absolute atomic E-state index is 12.6. The summed E-state index contributed by atoms with van der Waals surface area (Å²) in [5.41, 5.74) is -0.0260. The molecule has 1 aliphatic rings. The standard InChI is InChI=1S/C19H23N3O4/c1-3-25-14-5-4-8-21-17(14)22-18(23)16-12(2)11-15(26-19(16)24)13-6-9-20-10-7-13/h4-5,8,11,13,20H,3,6-7,9-10H2,1-2H3,(H,21,22,23). The lowest BCUT2D eigenvalue weighted by atomic mass is 9.94. The van der Waals surface area contributed by atoms with Crippen molar-refractivity contribution in [1.29, 1.82) is 0 Å². The predicted octanol–water partition coefficient (Wildman–Crippen LogP) is 2.46. The first-order valence-corrected chi connectivity index (χ1v) is 8.84. The highest BCUT2D eigenvalue weighted by atomic mass is 16.5. The Bertz CT molecular complexity index is 841. The number of piperidine rings is 1. The van der Waals surface area contributed by atoms with E-state index in [1.807, 2.05) is 6.92 Å². The van der Waals surface area contributed by atoms with Crippen LogP contribution in [0.2, 0.25) is 0 Å². The lowest BCUT2D eigenvalue weighted by molar-refractivity contribution is 0.102. The number of carbonyl (C=O) groups is 1. The molecule has 0 bridgehead atoms. The van der Waals surface area contributed by atoms with Crippen molar-refractivity contribution in [2.75, 3.05) is 25.0 Å². The van der Waals surface area contributed by atoms with Crippen molar-refractivity contribution in [2.24, 2.45) is 0 Å². The molecule has 2 aromatic heterocycles. The van der Waals surface area contributed by atoms with E-state index >= 15 is 0 Å². The van der Waals surface area contributed by atoms with E-state index in [0.29, 0.717) is 23.7 Å². The van der Waals surface area contributed by atoms with E-state index in [1.54, 1.807) is 31.3 Å². The maximum atomic E-state index is 12.6. The van der Waals surface area contributed by atoms with Gasteiger partial charge in [0.1, 0.15) is 11.3 Å². The van der Waals surface area contributed by atoms with Crippen molar-refractivity contribution in [3.05, 3.63) is 51.7 Å². The molecule has 0 unspecified atom stereocenters. The van der Waals surface area contributed by atoms with E-state index in [-0.39, 0.29) is 17.3 Å². The zero-order chi connectivity index (χ0) is 18.5. The molecule has 0 aromatic carbocycles. The number of ether oxygens (including phenoxy) is 1. The number of aromatic nitrogens is 1. The lowest BCUT2D eigenvalue weighted by Gasteiger charge is -2.22. The van der Waals surface area contributed by atoms with Gasteiger partial charge in [0, 0.05) is 12.1 Å². The van der Waals surface area contributed by atoms with Crippen molar-refractivity contribution in [1.82, 2.24) is 10.3 Å². The van der Waals surface area contributed by atoms with Crippen LogP contribution in [0.25, 0.3) is 0 Å². The van der Waals surface area contributed by atoms with Gasteiger partial charge in [-0.1, -0.05) is 0 Å². The smallest absolute Gasteiger partial charge is 0.349 e. The third kappa shape index (κ3) is 3.94. The fourth-order valence-electron chi connectivity index (χ4n) is 3.14. The first kappa shape index (κ1) is 18.1. The van der Waals surface area contributed by atoms with E-state index in [2.05, 4.69) is 15.6 Å². The summed E-state index contributed by atoms with van der Waals surface area (Å²) in [5.74, 6) is 1.04. The summed E-state index contributed by atoms with van der Waals surface area (Å²) in [6.45, 7) is 5.83. The van der Waals surface area contributed by atoms with Gasteiger partial charge in [0.05, 0.1) is 6.61 Å². The minimum absolute atomic E-state index is 0.00390. The van der Waals surface area contributed by atoms with Crippen LogP contribution in [0.5, 0.6) is 5.75 Å². The largest absolute Gasteiger partial charge is 0.490 e. The quantitative estimate of drug-likeness (QED) is 0.854. The van der Waals surface area contributed by atoms with E-state index in [1.165, 1.54) is 0 Å². The van der Waals surface area contributed by atoms with Crippen LogP contribution in [-0.4, -0.2) is 30.6 Å². The lowest BCUT2D eigenvalue weighted by Crippen LogP contribution is -2.28. The van der Waals surface area contributed by atoms with Crippen LogP contribution in [0.15, 0.2) is 33.6 Å². The third-order valence-electron chi connectivity index (χ3n) is 4.44. The Kier molecular flexibility index (Phi) is 5.68. The number of aryl methyl sites for hydroxylation is 1. The highest BCUT2D eigenvalue weighted by Crippen LogP contribution is 2.26. The third-order valence-corrected chi connectivity index (χ3v) is 4.44. The summed E-state index contributed by atoms with van der Waals surface area (Å²) >= 11 is 0. The van der Waals surface area contributed by atoms with Crippen LogP contribution >= 0.6 is 0 Å². The number of rotatable bonds is 5. The second-order valence-electron chi connectivity index (χ2n) is 6.26. The monoisotopic (exact) mass is 357 g/mol. The van der Waals surface area contributed by atoms with Crippen LogP contribution in [0.1, 0.15) is 47.4 Å². The van der Waals surface area contributed by atoms with Gasteiger partial charge in [0.25, 0.3) is 5.91 Å². The molecule has 3 rings (SSSR count). The summed E-state index contributed by atoms with van der Waals surface area (Å²) in [4.78, 5) is 29.2. The molecule has 26 heavy (non-hydrogen) atoms. The molecular formula is C19H23N3O4. The molecule has 1 aliphatic heterocycles. The zero-order valence-electron chi connectivity index (χ0n) is 15.0. The van der Waals surface area contributed by atoms with Crippen molar-refractivity contribution in [2.45, 2.75) is 32.6 Å². The van der Waals surface area contributed by atoms with Crippen LogP contribution in [0.4, 0.5) is 5.82 Å². The summed E-state index contributed by atoms with van der Waals surface area (Å²) < 4.78 is 10.9.